The summed E-state index contributed by atoms with van der Waals surface area (Å²) in [6.45, 7) is 1.66. The van der Waals surface area contributed by atoms with Gasteiger partial charge >= 0.3 is 5.97 Å². The minimum Gasteiger partial charge on any atom is -0.462 e. The molecule has 0 saturated heterocycles. The molecule has 0 spiro atoms. The summed E-state index contributed by atoms with van der Waals surface area (Å²) in [4.78, 5) is 21.7. The van der Waals surface area contributed by atoms with Crippen LogP contribution in [0.25, 0.3) is 0 Å². The van der Waals surface area contributed by atoms with E-state index in [-0.39, 0.29) is 24.0 Å². The molecular weight excluding hydrogens is 206 g/mol. The number of aldehydes is 1. The van der Waals surface area contributed by atoms with Crippen LogP contribution in [0.1, 0.15) is 27.6 Å². The molecule has 0 aromatic heterocycles. The van der Waals surface area contributed by atoms with Crippen LogP contribution in [-0.2, 0) is 4.74 Å². The summed E-state index contributed by atoms with van der Waals surface area (Å²) >= 11 is 0. The molecule has 5 heteroatoms. The van der Waals surface area contributed by atoms with Crippen molar-refractivity contribution in [2.75, 3.05) is 6.61 Å². The van der Waals surface area contributed by atoms with Gasteiger partial charge in [-0.25, -0.2) is 13.6 Å². The van der Waals surface area contributed by atoms with E-state index in [1.54, 1.807) is 6.92 Å². The van der Waals surface area contributed by atoms with Crippen LogP contribution < -0.4 is 0 Å². The summed E-state index contributed by atoms with van der Waals surface area (Å²) in [5.74, 6) is -3.22. The SMILES string of the molecule is CCOC(=O)c1cc(F)c(F)cc1C=O. The second-order valence-corrected chi connectivity index (χ2v) is 2.69. The Balaban J connectivity index is 3.21. The first kappa shape index (κ1) is 11.3. The minimum absolute atomic E-state index is 0.0934. The zero-order chi connectivity index (χ0) is 11.4. The highest BCUT2D eigenvalue weighted by molar-refractivity contribution is 5.98. The number of hydrogen-bond donors (Lipinski definition) is 0. The number of carbonyl (C=O) groups excluding carboxylic acids is 2. The Morgan fingerprint density at radius 2 is 2.00 bits per heavy atom. The average molecular weight is 214 g/mol. The largest absolute Gasteiger partial charge is 0.462 e. The van der Waals surface area contributed by atoms with Crippen molar-refractivity contribution >= 4 is 12.3 Å². The predicted molar refractivity (Wildman–Crippen MR) is 47.7 cm³/mol. The Labute approximate surface area is 84.7 Å². The van der Waals surface area contributed by atoms with Gasteiger partial charge in [0, 0.05) is 5.56 Å². The fraction of sp³-hybridized carbons (Fsp3) is 0.200. The van der Waals surface area contributed by atoms with Gasteiger partial charge < -0.3 is 4.74 Å². The van der Waals surface area contributed by atoms with Gasteiger partial charge in [-0.1, -0.05) is 0 Å². The van der Waals surface area contributed by atoms with Crippen molar-refractivity contribution in [3.05, 3.63) is 34.9 Å². The number of halogens is 2. The van der Waals surface area contributed by atoms with Crippen LogP contribution >= 0.6 is 0 Å². The molecule has 0 fully saturated rings. The number of benzene rings is 1. The van der Waals surface area contributed by atoms with Gasteiger partial charge in [-0.3, -0.25) is 4.79 Å². The zero-order valence-corrected chi connectivity index (χ0v) is 7.92. The lowest BCUT2D eigenvalue weighted by Crippen LogP contribution is -2.09. The number of carbonyl (C=O) groups is 2. The maximum atomic E-state index is 12.8. The van der Waals surface area contributed by atoms with Crippen LogP contribution in [0.5, 0.6) is 0 Å². The van der Waals surface area contributed by atoms with E-state index < -0.39 is 17.6 Å². The second kappa shape index (κ2) is 4.63. The molecule has 1 aromatic rings. The van der Waals surface area contributed by atoms with E-state index in [0.29, 0.717) is 12.1 Å². The van der Waals surface area contributed by atoms with Gasteiger partial charge in [0.25, 0.3) is 0 Å². The molecule has 3 nitrogen and oxygen atoms in total. The normalized spacial score (nSPS) is 9.80. The highest BCUT2D eigenvalue weighted by Crippen LogP contribution is 2.14. The van der Waals surface area contributed by atoms with Gasteiger partial charge in [0.1, 0.15) is 0 Å². The molecule has 0 aliphatic carbocycles. The molecule has 0 atom stereocenters. The van der Waals surface area contributed by atoms with Crippen molar-refractivity contribution in [1.82, 2.24) is 0 Å². The van der Waals surface area contributed by atoms with Gasteiger partial charge in [0.2, 0.25) is 0 Å². The summed E-state index contributed by atoms with van der Waals surface area (Å²) in [6, 6.07) is 1.31. The van der Waals surface area contributed by atoms with E-state index in [1.165, 1.54) is 0 Å². The summed E-state index contributed by atoms with van der Waals surface area (Å²) < 4.78 is 30.1. The fourth-order valence-corrected chi connectivity index (χ4v) is 1.05. The summed E-state index contributed by atoms with van der Waals surface area (Å²) in [6.07, 6.45) is 0.273. The van der Waals surface area contributed by atoms with Crippen LogP contribution in [0.3, 0.4) is 0 Å². The number of ether oxygens (including phenoxy) is 1. The first-order valence-corrected chi connectivity index (χ1v) is 4.21. The Morgan fingerprint density at radius 3 is 2.53 bits per heavy atom. The summed E-state index contributed by atoms with van der Waals surface area (Å²) in [7, 11) is 0. The number of hydrogen-bond acceptors (Lipinski definition) is 3. The smallest absolute Gasteiger partial charge is 0.338 e. The van der Waals surface area contributed by atoms with E-state index in [0.717, 1.165) is 0 Å². The highest BCUT2D eigenvalue weighted by Gasteiger charge is 2.16. The third-order valence-electron chi connectivity index (χ3n) is 1.71. The zero-order valence-electron chi connectivity index (χ0n) is 7.92. The lowest BCUT2D eigenvalue weighted by Gasteiger charge is -2.04. The van der Waals surface area contributed by atoms with Gasteiger partial charge in [0.15, 0.2) is 17.9 Å². The molecule has 80 valence electrons. The van der Waals surface area contributed by atoms with Crippen molar-refractivity contribution in [2.24, 2.45) is 0 Å². The Hall–Kier alpha value is -1.78. The third kappa shape index (κ3) is 2.37. The van der Waals surface area contributed by atoms with Gasteiger partial charge in [-0.05, 0) is 19.1 Å². The molecule has 0 N–H and O–H groups in total. The second-order valence-electron chi connectivity index (χ2n) is 2.69. The molecule has 0 heterocycles. The first-order valence-electron chi connectivity index (χ1n) is 4.21. The van der Waals surface area contributed by atoms with E-state index >= 15 is 0 Å². The number of rotatable bonds is 3. The van der Waals surface area contributed by atoms with Crippen LogP contribution in [0, 0.1) is 11.6 Å². The van der Waals surface area contributed by atoms with Crippen LogP contribution in [-0.4, -0.2) is 18.9 Å². The van der Waals surface area contributed by atoms with E-state index in [4.69, 9.17) is 0 Å². The van der Waals surface area contributed by atoms with E-state index in [2.05, 4.69) is 4.74 Å². The molecule has 1 rings (SSSR count). The lowest BCUT2D eigenvalue weighted by molar-refractivity contribution is 0.0523. The summed E-state index contributed by atoms with van der Waals surface area (Å²) in [5, 5.41) is 0. The molecule has 1 aromatic carbocycles. The Kier molecular flexibility index (Phi) is 3.49. The predicted octanol–water partition coefficient (Wildman–Crippen LogP) is 1.95. The van der Waals surface area contributed by atoms with Crippen molar-refractivity contribution in [2.45, 2.75) is 6.92 Å². The van der Waals surface area contributed by atoms with Gasteiger partial charge in [0.05, 0.1) is 12.2 Å². The molecule has 0 unspecified atom stereocenters. The van der Waals surface area contributed by atoms with Crippen molar-refractivity contribution in [3.8, 4) is 0 Å². The van der Waals surface area contributed by atoms with Crippen molar-refractivity contribution in [3.63, 3.8) is 0 Å². The number of esters is 1. The van der Waals surface area contributed by atoms with Crippen LogP contribution in [0.4, 0.5) is 8.78 Å². The molecule has 0 saturated carbocycles. The molecule has 0 radical (unpaired) electrons. The van der Waals surface area contributed by atoms with E-state index in [1.807, 2.05) is 0 Å². The molecule has 0 amide bonds. The molecule has 0 bridgehead atoms. The highest BCUT2D eigenvalue weighted by atomic mass is 19.2. The monoisotopic (exact) mass is 214 g/mol. The first-order chi connectivity index (χ1) is 7.10. The van der Waals surface area contributed by atoms with Gasteiger partial charge in [-0.15, -0.1) is 0 Å². The topological polar surface area (TPSA) is 43.4 Å². The van der Waals surface area contributed by atoms with Gasteiger partial charge in [-0.2, -0.15) is 0 Å². The molecule has 0 aliphatic heterocycles. The maximum absolute atomic E-state index is 12.8. The average Bonchev–Trinajstić information content (AvgIpc) is 2.21. The third-order valence-corrected chi connectivity index (χ3v) is 1.71. The van der Waals surface area contributed by atoms with E-state index in [9.17, 15) is 18.4 Å². The Bertz CT molecular complexity index is 402. The van der Waals surface area contributed by atoms with Crippen molar-refractivity contribution < 1.29 is 23.1 Å². The maximum Gasteiger partial charge on any atom is 0.338 e. The fourth-order valence-electron chi connectivity index (χ4n) is 1.05. The van der Waals surface area contributed by atoms with Crippen LogP contribution in [0.15, 0.2) is 12.1 Å². The lowest BCUT2D eigenvalue weighted by atomic mass is 10.1. The summed E-state index contributed by atoms with van der Waals surface area (Å²) in [5.41, 5.74) is -0.502. The Morgan fingerprint density at radius 1 is 1.40 bits per heavy atom. The minimum atomic E-state index is -1.19. The van der Waals surface area contributed by atoms with Crippen LogP contribution in [0.2, 0.25) is 0 Å². The molecule has 15 heavy (non-hydrogen) atoms. The quantitative estimate of drug-likeness (QED) is 0.570. The standard InChI is InChI=1S/C10H8F2O3/c1-2-15-10(14)7-4-9(12)8(11)3-6(7)5-13/h3-5H,2H2,1H3. The van der Waals surface area contributed by atoms with Crippen molar-refractivity contribution in [1.29, 1.82) is 0 Å². The molecule has 0 aliphatic rings. The molecular formula is C10H8F2O3.